The SMILES string of the molecule is C=N/C(=C\CC)C(C=NC)=CN. The van der Waals surface area contributed by atoms with Crippen molar-refractivity contribution in [1.82, 2.24) is 0 Å². The molecule has 0 aromatic carbocycles. The quantitative estimate of drug-likeness (QED) is 0.498. The van der Waals surface area contributed by atoms with Crippen molar-refractivity contribution >= 4 is 12.9 Å². The Kier molecular flexibility index (Phi) is 5.61. The first-order valence-electron chi connectivity index (χ1n) is 3.81. The van der Waals surface area contributed by atoms with Crippen molar-refractivity contribution in [3.8, 4) is 0 Å². The first kappa shape index (κ1) is 10.6. The Morgan fingerprint density at radius 2 is 2.25 bits per heavy atom. The average molecular weight is 165 g/mol. The molecule has 3 heteroatoms. The second-order valence-corrected chi connectivity index (χ2v) is 2.17. The van der Waals surface area contributed by atoms with Gasteiger partial charge in [0.25, 0.3) is 0 Å². The van der Waals surface area contributed by atoms with Gasteiger partial charge in [-0.25, -0.2) is 0 Å². The van der Waals surface area contributed by atoms with Crippen LogP contribution >= 0.6 is 0 Å². The molecule has 0 saturated carbocycles. The van der Waals surface area contributed by atoms with E-state index in [0.29, 0.717) is 0 Å². The Balaban J connectivity index is 4.69. The van der Waals surface area contributed by atoms with E-state index in [2.05, 4.69) is 16.7 Å². The van der Waals surface area contributed by atoms with Gasteiger partial charge in [-0.1, -0.05) is 13.0 Å². The molecule has 0 radical (unpaired) electrons. The second-order valence-electron chi connectivity index (χ2n) is 2.17. The Bertz CT molecular complexity index is 224. The highest BCUT2D eigenvalue weighted by Crippen LogP contribution is 2.08. The molecular weight excluding hydrogens is 150 g/mol. The predicted octanol–water partition coefficient (Wildman–Crippen LogP) is 1.52. The van der Waals surface area contributed by atoms with Crippen LogP contribution in [0.25, 0.3) is 0 Å². The van der Waals surface area contributed by atoms with E-state index in [1.165, 1.54) is 6.20 Å². The lowest BCUT2D eigenvalue weighted by Crippen LogP contribution is -1.93. The largest absolute Gasteiger partial charge is 0.404 e. The molecule has 0 saturated heterocycles. The Hall–Kier alpha value is -1.38. The minimum atomic E-state index is 0.783. The van der Waals surface area contributed by atoms with E-state index >= 15 is 0 Å². The lowest BCUT2D eigenvalue weighted by Gasteiger charge is -1.99. The van der Waals surface area contributed by atoms with Crippen LogP contribution < -0.4 is 5.73 Å². The van der Waals surface area contributed by atoms with E-state index in [9.17, 15) is 0 Å². The van der Waals surface area contributed by atoms with Crippen molar-refractivity contribution in [2.45, 2.75) is 13.3 Å². The summed E-state index contributed by atoms with van der Waals surface area (Å²) in [6.07, 6.45) is 6.00. The van der Waals surface area contributed by atoms with Gasteiger partial charge in [-0.3, -0.25) is 9.98 Å². The van der Waals surface area contributed by atoms with Gasteiger partial charge in [-0.15, -0.1) is 0 Å². The number of hydrogen-bond donors (Lipinski definition) is 1. The molecule has 0 aromatic heterocycles. The molecule has 0 bridgehead atoms. The van der Waals surface area contributed by atoms with Crippen LogP contribution in [0.1, 0.15) is 13.3 Å². The van der Waals surface area contributed by atoms with Gasteiger partial charge in [0.2, 0.25) is 0 Å². The number of rotatable bonds is 4. The molecule has 0 amide bonds. The molecule has 0 aromatic rings. The van der Waals surface area contributed by atoms with Crippen LogP contribution in [-0.4, -0.2) is 20.0 Å². The van der Waals surface area contributed by atoms with Gasteiger partial charge in [0, 0.05) is 25.0 Å². The fourth-order valence-corrected chi connectivity index (χ4v) is 0.801. The number of hydrogen-bond acceptors (Lipinski definition) is 3. The lowest BCUT2D eigenvalue weighted by molar-refractivity contribution is 1.18. The van der Waals surface area contributed by atoms with Crippen molar-refractivity contribution < 1.29 is 0 Å². The molecule has 0 aliphatic heterocycles. The minimum Gasteiger partial charge on any atom is -0.404 e. The molecule has 0 fully saturated rings. The van der Waals surface area contributed by atoms with Gasteiger partial charge >= 0.3 is 0 Å². The van der Waals surface area contributed by atoms with E-state index in [1.807, 2.05) is 13.0 Å². The second kappa shape index (κ2) is 6.34. The minimum absolute atomic E-state index is 0.783. The highest BCUT2D eigenvalue weighted by molar-refractivity contribution is 5.84. The molecule has 0 unspecified atom stereocenters. The Morgan fingerprint density at radius 1 is 1.58 bits per heavy atom. The zero-order valence-electron chi connectivity index (χ0n) is 7.62. The number of aliphatic imine (C=N–C) groups is 2. The van der Waals surface area contributed by atoms with Crippen molar-refractivity contribution in [2.75, 3.05) is 7.05 Å². The molecule has 0 aliphatic carbocycles. The summed E-state index contributed by atoms with van der Waals surface area (Å²) >= 11 is 0. The summed E-state index contributed by atoms with van der Waals surface area (Å²) in [7, 11) is 1.69. The van der Waals surface area contributed by atoms with E-state index in [1.54, 1.807) is 13.3 Å². The molecule has 66 valence electrons. The predicted molar refractivity (Wildman–Crippen MR) is 54.6 cm³/mol. The summed E-state index contributed by atoms with van der Waals surface area (Å²) in [5.74, 6) is 0. The Morgan fingerprint density at radius 3 is 2.58 bits per heavy atom. The third-order valence-electron chi connectivity index (χ3n) is 1.31. The fourth-order valence-electron chi connectivity index (χ4n) is 0.801. The third-order valence-corrected chi connectivity index (χ3v) is 1.31. The maximum absolute atomic E-state index is 5.38. The molecule has 3 nitrogen and oxygen atoms in total. The first-order valence-corrected chi connectivity index (χ1v) is 3.81. The summed E-state index contributed by atoms with van der Waals surface area (Å²) in [6, 6.07) is 0. The van der Waals surface area contributed by atoms with Crippen LogP contribution in [0.5, 0.6) is 0 Å². The van der Waals surface area contributed by atoms with Crippen LogP contribution in [0.4, 0.5) is 0 Å². The van der Waals surface area contributed by atoms with Crippen LogP contribution in [0.15, 0.2) is 33.5 Å². The molecule has 0 spiro atoms. The van der Waals surface area contributed by atoms with Crippen LogP contribution in [0.3, 0.4) is 0 Å². The lowest BCUT2D eigenvalue weighted by atomic mass is 10.2. The smallest absolute Gasteiger partial charge is 0.0684 e. The van der Waals surface area contributed by atoms with Gasteiger partial charge in [-0.05, 0) is 13.1 Å². The van der Waals surface area contributed by atoms with Gasteiger partial charge in [0.1, 0.15) is 0 Å². The van der Waals surface area contributed by atoms with Crippen LogP contribution in [0.2, 0.25) is 0 Å². The number of nitrogens with zero attached hydrogens (tertiary/aromatic N) is 2. The van der Waals surface area contributed by atoms with E-state index < -0.39 is 0 Å². The standard InChI is InChI=1S/C9H15N3/c1-4-5-9(12-3)8(6-10)7-11-2/h5-7H,3-4,10H2,1-2H3/b8-6?,9-5-,11-7?. The van der Waals surface area contributed by atoms with Crippen molar-refractivity contribution in [3.05, 3.63) is 23.5 Å². The van der Waals surface area contributed by atoms with Crippen LogP contribution in [0, 0.1) is 0 Å². The van der Waals surface area contributed by atoms with Crippen molar-refractivity contribution in [2.24, 2.45) is 15.7 Å². The van der Waals surface area contributed by atoms with Gasteiger partial charge < -0.3 is 5.73 Å². The Labute approximate surface area is 73.4 Å². The summed E-state index contributed by atoms with van der Waals surface area (Å²) in [5, 5.41) is 0. The highest BCUT2D eigenvalue weighted by Gasteiger charge is 1.96. The maximum atomic E-state index is 5.38. The third kappa shape index (κ3) is 3.14. The monoisotopic (exact) mass is 165 g/mol. The summed E-state index contributed by atoms with van der Waals surface area (Å²) in [5.41, 5.74) is 6.97. The summed E-state index contributed by atoms with van der Waals surface area (Å²) in [6.45, 7) is 5.48. The summed E-state index contributed by atoms with van der Waals surface area (Å²) < 4.78 is 0. The zero-order chi connectivity index (χ0) is 9.40. The average Bonchev–Trinajstić information content (AvgIpc) is 2.11. The molecular formula is C9H15N3. The van der Waals surface area contributed by atoms with E-state index in [4.69, 9.17) is 5.73 Å². The molecule has 2 N–H and O–H groups in total. The zero-order valence-corrected chi connectivity index (χ0v) is 7.62. The van der Waals surface area contributed by atoms with E-state index in [0.717, 1.165) is 17.7 Å². The normalized spacial score (nSPS) is 13.8. The number of nitrogens with two attached hydrogens (primary N) is 1. The molecule has 12 heavy (non-hydrogen) atoms. The molecule has 0 aliphatic rings. The van der Waals surface area contributed by atoms with Crippen molar-refractivity contribution in [3.63, 3.8) is 0 Å². The van der Waals surface area contributed by atoms with Gasteiger partial charge in [-0.2, -0.15) is 0 Å². The highest BCUT2D eigenvalue weighted by atomic mass is 14.7. The first-order chi connectivity index (χ1) is 5.79. The van der Waals surface area contributed by atoms with Crippen molar-refractivity contribution in [1.29, 1.82) is 0 Å². The summed E-state index contributed by atoms with van der Waals surface area (Å²) in [4.78, 5) is 7.70. The maximum Gasteiger partial charge on any atom is 0.0684 e. The van der Waals surface area contributed by atoms with Crippen LogP contribution in [-0.2, 0) is 0 Å². The van der Waals surface area contributed by atoms with Gasteiger partial charge in [0.05, 0.1) is 5.70 Å². The van der Waals surface area contributed by atoms with E-state index in [-0.39, 0.29) is 0 Å². The number of allylic oxidation sites excluding steroid dienone is 2. The fraction of sp³-hybridized carbons (Fsp3) is 0.333. The molecule has 0 heterocycles. The molecule has 0 atom stereocenters. The van der Waals surface area contributed by atoms with Gasteiger partial charge in [0.15, 0.2) is 0 Å². The topological polar surface area (TPSA) is 50.7 Å². The molecule has 0 rings (SSSR count).